The summed E-state index contributed by atoms with van der Waals surface area (Å²) in [7, 11) is 0. The molecule has 124 valence electrons. The van der Waals surface area contributed by atoms with Gasteiger partial charge in [-0.3, -0.25) is 14.4 Å². The lowest BCUT2D eigenvalue weighted by atomic mass is 10.1. The summed E-state index contributed by atoms with van der Waals surface area (Å²) in [5.41, 5.74) is 1.30. The van der Waals surface area contributed by atoms with Crippen molar-refractivity contribution < 1.29 is 14.4 Å². The minimum Gasteiger partial charge on any atom is -0.353 e. The van der Waals surface area contributed by atoms with Crippen molar-refractivity contribution in [1.82, 2.24) is 10.6 Å². The van der Waals surface area contributed by atoms with Crippen LogP contribution in [0.15, 0.2) is 24.3 Å². The summed E-state index contributed by atoms with van der Waals surface area (Å²) >= 11 is 0. The second-order valence-corrected chi connectivity index (χ2v) is 5.77. The molecule has 7 heteroatoms. The zero-order chi connectivity index (χ0) is 16.8. The van der Waals surface area contributed by atoms with E-state index in [0.29, 0.717) is 24.5 Å². The number of amides is 3. The number of carbonyl (C=O) groups is 3. The highest BCUT2D eigenvalue weighted by Crippen LogP contribution is 2.15. The quantitative estimate of drug-likeness (QED) is 0.642. The molecule has 1 aromatic rings. The van der Waals surface area contributed by atoms with E-state index < -0.39 is 6.04 Å². The minimum atomic E-state index is -0.492. The van der Waals surface area contributed by atoms with Gasteiger partial charge in [-0.05, 0) is 24.3 Å². The summed E-state index contributed by atoms with van der Waals surface area (Å²) in [6.45, 7) is 4.88. The van der Waals surface area contributed by atoms with Crippen molar-refractivity contribution >= 4 is 29.1 Å². The number of hydrogen-bond acceptors (Lipinski definition) is 4. The molecule has 2 rings (SSSR count). The van der Waals surface area contributed by atoms with Crippen molar-refractivity contribution in [2.45, 2.75) is 26.3 Å². The predicted molar refractivity (Wildman–Crippen MR) is 88.0 cm³/mol. The predicted octanol–water partition coefficient (Wildman–Crippen LogP) is 0.698. The molecule has 1 aliphatic heterocycles. The number of nitrogens with one attached hydrogen (secondary N) is 4. The lowest BCUT2D eigenvalue weighted by Gasteiger charge is -2.22. The van der Waals surface area contributed by atoms with Crippen LogP contribution in [0, 0.1) is 5.92 Å². The maximum absolute atomic E-state index is 12.0. The standard InChI is InChI=1S/C16H22N4O3/c1-10(2)15(22)20-12-5-3-11(4-6-12)19-14(21)9-13-16(23)18-8-7-17-13/h3-6,10,13,17H,7-9H2,1-2H3,(H,18,23)(H,19,21)(H,20,22). The molecule has 0 aliphatic carbocycles. The van der Waals surface area contributed by atoms with E-state index in [-0.39, 0.29) is 30.1 Å². The van der Waals surface area contributed by atoms with Crippen LogP contribution in [0.5, 0.6) is 0 Å². The number of hydrogen-bond donors (Lipinski definition) is 4. The summed E-state index contributed by atoms with van der Waals surface area (Å²) in [5, 5.41) is 11.2. The van der Waals surface area contributed by atoms with Gasteiger partial charge >= 0.3 is 0 Å². The van der Waals surface area contributed by atoms with Crippen LogP contribution in [0.25, 0.3) is 0 Å². The van der Waals surface area contributed by atoms with Crippen molar-refractivity contribution in [3.05, 3.63) is 24.3 Å². The van der Waals surface area contributed by atoms with Crippen LogP contribution in [0.1, 0.15) is 20.3 Å². The summed E-state index contributed by atoms with van der Waals surface area (Å²) in [5.74, 6) is -0.545. The molecule has 1 heterocycles. The minimum absolute atomic E-state index is 0.0591. The van der Waals surface area contributed by atoms with Gasteiger partial charge in [0.15, 0.2) is 0 Å². The zero-order valence-electron chi connectivity index (χ0n) is 13.3. The first-order chi connectivity index (χ1) is 11.0. The average Bonchev–Trinajstić information content (AvgIpc) is 2.51. The van der Waals surface area contributed by atoms with Gasteiger partial charge in [-0.25, -0.2) is 0 Å². The molecule has 7 nitrogen and oxygen atoms in total. The second-order valence-electron chi connectivity index (χ2n) is 5.77. The Labute approximate surface area is 135 Å². The first-order valence-electron chi connectivity index (χ1n) is 7.67. The zero-order valence-corrected chi connectivity index (χ0v) is 13.3. The topological polar surface area (TPSA) is 99.3 Å². The first kappa shape index (κ1) is 17.0. The van der Waals surface area contributed by atoms with Gasteiger partial charge in [0.05, 0.1) is 12.5 Å². The molecule has 0 bridgehead atoms. The highest BCUT2D eigenvalue weighted by Gasteiger charge is 2.23. The Morgan fingerprint density at radius 1 is 1.13 bits per heavy atom. The molecule has 1 saturated heterocycles. The van der Waals surface area contributed by atoms with Crippen LogP contribution in [0.2, 0.25) is 0 Å². The van der Waals surface area contributed by atoms with Gasteiger partial charge in [0, 0.05) is 30.4 Å². The maximum atomic E-state index is 12.0. The number of piperazine rings is 1. The smallest absolute Gasteiger partial charge is 0.237 e. The third kappa shape index (κ3) is 5.07. The van der Waals surface area contributed by atoms with Crippen molar-refractivity contribution in [3.63, 3.8) is 0 Å². The molecule has 0 spiro atoms. The lowest BCUT2D eigenvalue weighted by molar-refractivity contribution is -0.127. The largest absolute Gasteiger partial charge is 0.353 e. The fourth-order valence-electron chi connectivity index (χ4n) is 2.13. The van der Waals surface area contributed by atoms with Gasteiger partial charge in [0.25, 0.3) is 0 Å². The molecule has 0 saturated carbocycles. The van der Waals surface area contributed by atoms with Gasteiger partial charge in [-0.15, -0.1) is 0 Å². The van der Waals surface area contributed by atoms with E-state index in [1.54, 1.807) is 24.3 Å². The Morgan fingerprint density at radius 2 is 1.74 bits per heavy atom. The normalized spacial score (nSPS) is 17.5. The van der Waals surface area contributed by atoms with Crippen molar-refractivity contribution in [2.24, 2.45) is 5.92 Å². The molecule has 0 aromatic heterocycles. The van der Waals surface area contributed by atoms with Crippen molar-refractivity contribution in [2.75, 3.05) is 23.7 Å². The lowest BCUT2D eigenvalue weighted by Crippen LogP contribution is -2.53. The van der Waals surface area contributed by atoms with Gasteiger partial charge in [-0.2, -0.15) is 0 Å². The molecule has 1 unspecified atom stereocenters. The maximum Gasteiger partial charge on any atom is 0.237 e. The molecule has 1 atom stereocenters. The fourth-order valence-corrected chi connectivity index (χ4v) is 2.13. The van der Waals surface area contributed by atoms with Crippen LogP contribution in [-0.2, 0) is 14.4 Å². The van der Waals surface area contributed by atoms with Crippen LogP contribution >= 0.6 is 0 Å². The number of rotatable bonds is 5. The molecular weight excluding hydrogens is 296 g/mol. The van der Waals surface area contributed by atoms with Gasteiger partial charge in [0.2, 0.25) is 17.7 Å². The van der Waals surface area contributed by atoms with Gasteiger partial charge in [-0.1, -0.05) is 13.8 Å². The Kier molecular flexibility index (Phi) is 5.70. The Balaban J connectivity index is 1.86. The van der Waals surface area contributed by atoms with E-state index in [2.05, 4.69) is 21.3 Å². The monoisotopic (exact) mass is 318 g/mol. The highest BCUT2D eigenvalue weighted by molar-refractivity contribution is 5.96. The average molecular weight is 318 g/mol. The van der Waals surface area contributed by atoms with Crippen LogP contribution in [0.3, 0.4) is 0 Å². The highest BCUT2D eigenvalue weighted by atomic mass is 16.2. The molecule has 4 N–H and O–H groups in total. The van der Waals surface area contributed by atoms with E-state index in [4.69, 9.17) is 0 Å². The Morgan fingerprint density at radius 3 is 2.30 bits per heavy atom. The third-order valence-corrected chi connectivity index (χ3v) is 3.48. The summed E-state index contributed by atoms with van der Waals surface area (Å²) in [4.78, 5) is 35.2. The number of carbonyl (C=O) groups excluding carboxylic acids is 3. The summed E-state index contributed by atoms with van der Waals surface area (Å²) < 4.78 is 0. The van der Waals surface area contributed by atoms with Crippen molar-refractivity contribution in [3.8, 4) is 0 Å². The van der Waals surface area contributed by atoms with Crippen LogP contribution in [0.4, 0.5) is 11.4 Å². The molecule has 1 aliphatic rings. The van der Waals surface area contributed by atoms with E-state index in [1.807, 2.05) is 13.8 Å². The second kappa shape index (κ2) is 7.73. The van der Waals surface area contributed by atoms with Crippen LogP contribution < -0.4 is 21.3 Å². The molecular formula is C16H22N4O3. The Bertz CT molecular complexity index is 583. The summed E-state index contributed by atoms with van der Waals surface area (Å²) in [6.07, 6.45) is 0.0810. The van der Waals surface area contributed by atoms with Gasteiger partial charge < -0.3 is 21.3 Å². The SMILES string of the molecule is CC(C)C(=O)Nc1ccc(NC(=O)CC2NCCNC2=O)cc1. The third-order valence-electron chi connectivity index (χ3n) is 3.48. The number of benzene rings is 1. The molecule has 23 heavy (non-hydrogen) atoms. The molecule has 0 radical (unpaired) electrons. The molecule has 1 aromatic carbocycles. The van der Waals surface area contributed by atoms with Gasteiger partial charge in [0.1, 0.15) is 0 Å². The fraction of sp³-hybridized carbons (Fsp3) is 0.438. The van der Waals surface area contributed by atoms with E-state index in [0.717, 1.165) is 0 Å². The van der Waals surface area contributed by atoms with E-state index in [1.165, 1.54) is 0 Å². The van der Waals surface area contributed by atoms with Crippen molar-refractivity contribution in [1.29, 1.82) is 0 Å². The molecule has 1 fully saturated rings. The van der Waals surface area contributed by atoms with Crippen LogP contribution in [-0.4, -0.2) is 36.9 Å². The summed E-state index contributed by atoms with van der Waals surface area (Å²) in [6, 6.07) is 6.38. The Hall–Kier alpha value is -2.41. The number of anilines is 2. The molecule has 3 amide bonds. The van der Waals surface area contributed by atoms with E-state index in [9.17, 15) is 14.4 Å². The first-order valence-corrected chi connectivity index (χ1v) is 7.67. The van der Waals surface area contributed by atoms with E-state index >= 15 is 0 Å².